The molecule has 1 fully saturated rings. The number of nitrogens with zero attached hydrogens (tertiary/aromatic N) is 7. The Morgan fingerprint density at radius 3 is 2.56 bits per heavy atom. The topological polar surface area (TPSA) is 85.8 Å². The maximum atomic E-state index is 14.7. The van der Waals surface area contributed by atoms with Gasteiger partial charge in [-0.05, 0) is 61.8 Å². The monoisotopic (exact) mass is 481 g/mol. The molecule has 36 heavy (non-hydrogen) atoms. The Morgan fingerprint density at radius 2 is 1.72 bits per heavy atom. The van der Waals surface area contributed by atoms with Crippen LogP contribution in [0, 0.1) is 5.82 Å². The molecule has 5 aromatic rings. The highest BCUT2D eigenvalue weighted by Gasteiger charge is 2.24. The first-order valence-corrected chi connectivity index (χ1v) is 12.0. The van der Waals surface area contributed by atoms with Gasteiger partial charge in [0.1, 0.15) is 17.2 Å². The zero-order chi connectivity index (χ0) is 24.3. The summed E-state index contributed by atoms with van der Waals surface area (Å²) in [5, 5.41) is 12.8. The maximum Gasteiger partial charge on any atom is 0.281 e. The molecule has 0 amide bonds. The Hall–Kier alpha value is -4.24. The summed E-state index contributed by atoms with van der Waals surface area (Å²) in [6.45, 7) is 3.17. The molecule has 0 atom stereocenters. The van der Waals surface area contributed by atoms with Crippen LogP contribution in [0.2, 0.25) is 0 Å². The Balaban J connectivity index is 1.36. The van der Waals surface area contributed by atoms with Gasteiger partial charge < -0.3 is 4.52 Å². The van der Waals surface area contributed by atoms with Gasteiger partial charge in [0.05, 0.1) is 0 Å². The standard InChI is InChI=1S/C27H24FN7O/c28-22-9-2-3-10-23(22)35-25(20-11-13-29-14-12-20)24(31-33-35)27-30-26(32-36-27)21-8-6-7-19(17-21)18-34-15-4-1-5-16-34/h2-3,6-14,17H,1,4-5,15-16,18H2. The van der Waals surface area contributed by atoms with Crippen molar-refractivity contribution in [3.8, 4) is 39.9 Å². The molecule has 180 valence electrons. The highest BCUT2D eigenvalue weighted by atomic mass is 19.1. The van der Waals surface area contributed by atoms with E-state index in [1.807, 2.05) is 12.1 Å². The van der Waals surface area contributed by atoms with Crippen molar-refractivity contribution in [2.45, 2.75) is 25.8 Å². The Kier molecular flexibility index (Phi) is 6.05. The first kappa shape index (κ1) is 22.2. The summed E-state index contributed by atoms with van der Waals surface area (Å²) in [4.78, 5) is 11.2. The molecule has 0 bridgehead atoms. The predicted octanol–water partition coefficient (Wildman–Crippen LogP) is 5.17. The first-order chi connectivity index (χ1) is 17.8. The van der Waals surface area contributed by atoms with Crippen molar-refractivity contribution < 1.29 is 8.91 Å². The summed E-state index contributed by atoms with van der Waals surface area (Å²) >= 11 is 0. The molecule has 0 unspecified atom stereocenters. The maximum absolute atomic E-state index is 14.7. The van der Waals surface area contributed by atoms with Crippen LogP contribution < -0.4 is 0 Å². The second kappa shape index (κ2) is 9.79. The fraction of sp³-hybridized carbons (Fsp3) is 0.222. The number of likely N-dealkylation sites (tertiary alicyclic amines) is 1. The van der Waals surface area contributed by atoms with Crippen LogP contribution in [0.1, 0.15) is 24.8 Å². The van der Waals surface area contributed by atoms with Crippen LogP contribution in [-0.2, 0) is 6.54 Å². The number of hydrogen-bond acceptors (Lipinski definition) is 7. The molecule has 1 aliphatic heterocycles. The average molecular weight is 482 g/mol. The van der Waals surface area contributed by atoms with Crippen LogP contribution in [0.3, 0.4) is 0 Å². The third-order valence-electron chi connectivity index (χ3n) is 6.37. The van der Waals surface area contributed by atoms with E-state index in [0.717, 1.165) is 30.8 Å². The molecule has 4 heterocycles. The van der Waals surface area contributed by atoms with Gasteiger partial charge in [0.15, 0.2) is 5.69 Å². The summed E-state index contributed by atoms with van der Waals surface area (Å²) < 4.78 is 21.7. The summed E-state index contributed by atoms with van der Waals surface area (Å²) in [6.07, 6.45) is 7.13. The fourth-order valence-electron chi connectivity index (χ4n) is 4.61. The Bertz CT molecular complexity index is 1470. The van der Waals surface area contributed by atoms with Crippen molar-refractivity contribution in [2.24, 2.45) is 0 Å². The lowest BCUT2D eigenvalue weighted by Gasteiger charge is -2.26. The predicted molar refractivity (Wildman–Crippen MR) is 132 cm³/mol. The first-order valence-electron chi connectivity index (χ1n) is 12.0. The summed E-state index contributed by atoms with van der Waals surface area (Å²) in [5.74, 6) is 0.258. The quantitative estimate of drug-likeness (QED) is 0.331. The molecular weight excluding hydrogens is 457 g/mol. The van der Waals surface area contributed by atoms with Gasteiger partial charge in [0, 0.05) is 30.1 Å². The van der Waals surface area contributed by atoms with Gasteiger partial charge in [-0.15, -0.1) is 5.10 Å². The number of benzene rings is 2. The molecule has 0 radical (unpaired) electrons. The molecular formula is C27H24FN7O. The third-order valence-corrected chi connectivity index (χ3v) is 6.37. The van der Waals surface area contributed by atoms with E-state index in [2.05, 4.69) is 42.5 Å². The number of halogens is 1. The minimum absolute atomic E-state index is 0.209. The number of pyridine rings is 1. The number of aromatic nitrogens is 6. The van der Waals surface area contributed by atoms with E-state index < -0.39 is 5.82 Å². The Labute approximate surface area is 207 Å². The van der Waals surface area contributed by atoms with E-state index >= 15 is 0 Å². The molecule has 0 N–H and O–H groups in total. The number of hydrogen-bond donors (Lipinski definition) is 0. The van der Waals surface area contributed by atoms with Crippen molar-refractivity contribution >= 4 is 0 Å². The lowest BCUT2D eigenvalue weighted by molar-refractivity contribution is 0.221. The largest absolute Gasteiger partial charge is 0.332 e. The van der Waals surface area contributed by atoms with Crippen molar-refractivity contribution in [1.82, 2.24) is 35.0 Å². The fourth-order valence-corrected chi connectivity index (χ4v) is 4.61. The van der Waals surface area contributed by atoms with Crippen molar-refractivity contribution in [3.63, 3.8) is 0 Å². The van der Waals surface area contributed by atoms with Crippen LogP contribution in [0.5, 0.6) is 0 Å². The zero-order valence-corrected chi connectivity index (χ0v) is 19.6. The van der Waals surface area contributed by atoms with Crippen molar-refractivity contribution in [2.75, 3.05) is 13.1 Å². The molecule has 1 aliphatic rings. The smallest absolute Gasteiger partial charge is 0.281 e. The van der Waals surface area contributed by atoms with Gasteiger partial charge in [-0.2, -0.15) is 4.98 Å². The summed E-state index contributed by atoms with van der Waals surface area (Å²) in [5.41, 5.74) is 4.00. The van der Waals surface area contributed by atoms with Crippen LogP contribution in [0.25, 0.3) is 39.9 Å². The lowest BCUT2D eigenvalue weighted by atomic mass is 10.1. The second-order valence-corrected chi connectivity index (χ2v) is 8.85. The molecule has 9 heteroatoms. The van der Waals surface area contributed by atoms with Gasteiger partial charge >= 0.3 is 0 Å². The van der Waals surface area contributed by atoms with E-state index in [1.165, 1.54) is 35.6 Å². The SMILES string of the molecule is Fc1ccccc1-n1nnc(-c2nc(-c3cccc(CN4CCCCC4)c3)no2)c1-c1ccncc1. The van der Waals surface area contributed by atoms with Gasteiger partial charge in [-0.3, -0.25) is 9.88 Å². The van der Waals surface area contributed by atoms with Gasteiger partial charge in [0.2, 0.25) is 5.82 Å². The highest BCUT2D eigenvalue weighted by Crippen LogP contribution is 2.32. The molecule has 0 spiro atoms. The van der Waals surface area contributed by atoms with E-state index in [0.29, 0.717) is 17.2 Å². The van der Waals surface area contributed by atoms with Gasteiger partial charge in [-0.25, -0.2) is 9.07 Å². The summed E-state index contributed by atoms with van der Waals surface area (Å²) in [6, 6.07) is 18.2. The molecule has 0 aliphatic carbocycles. The van der Waals surface area contributed by atoms with E-state index in [9.17, 15) is 4.39 Å². The minimum atomic E-state index is -0.416. The van der Waals surface area contributed by atoms with Crippen LogP contribution in [0.4, 0.5) is 4.39 Å². The van der Waals surface area contributed by atoms with Crippen LogP contribution in [-0.4, -0.2) is 48.1 Å². The summed E-state index contributed by atoms with van der Waals surface area (Å²) in [7, 11) is 0. The van der Waals surface area contributed by atoms with Gasteiger partial charge in [0.25, 0.3) is 5.89 Å². The molecule has 3 aromatic heterocycles. The number of para-hydroxylation sites is 1. The lowest BCUT2D eigenvalue weighted by Crippen LogP contribution is -2.29. The number of piperidine rings is 1. The van der Waals surface area contributed by atoms with Crippen molar-refractivity contribution in [3.05, 3.63) is 84.4 Å². The molecule has 6 rings (SSSR count). The zero-order valence-electron chi connectivity index (χ0n) is 19.6. The van der Waals surface area contributed by atoms with Crippen LogP contribution >= 0.6 is 0 Å². The molecule has 1 saturated heterocycles. The van der Waals surface area contributed by atoms with E-state index in [1.54, 1.807) is 42.7 Å². The highest BCUT2D eigenvalue weighted by molar-refractivity contribution is 5.76. The van der Waals surface area contributed by atoms with E-state index in [-0.39, 0.29) is 11.6 Å². The number of rotatable bonds is 6. The van der Waals surface area contributed by atoms with Crippen molar-refractivity contribution in [1.29, 1.82) is 0 Å². The van der Waals surface area contributed by atoms with Crippen LogP contribution in [0.15, 0.2) is 77.6 Å². The molecule has 8 nitrogen and oxygen atoms in total. The second-order valence-electron chi connectivity index (χ2n) is 8.85. The van der Waals surface area contributed by atoms with Gasteiger partial charge in [-0.1, -0.05) is 47.1 Å². The minimum Gasteiger partial charge on any atom is -0.332 e. The average Bonchev–Trinajstić information content (AvgIpc) is 3.58. The third kappa shape index (κ3) is 4.40. The normalized spacial score (nSPS) is 14.2. The van der Waals surface area contributed by atoms with E-state index in [4.69, 9.17) is 4.52 Å². The molecule has 0 saturated carbocycles. The Morgan fingerprint density at radius 1 is 0.889 bits per heavy atom. The molecule has 2 aromatic carbocycles.